The van der Waals surface area contributed by atoms with Crippen LogP contribution >= 0.6 is 0 Å². The van der Waals surface area contributed by atoms with Gasteiger partial charge in [-0.15, -0.1) is 0 Å². The Morgan fingerprint density at radius 1 is 1.03 bits per heavy atom. The molecule has 0 amide bonds. The zero-order chi connectivity index (χ0) is 26.9. The Bertz CT molecular complexity index is 1520. The van der Waals surface area contributed by atoms with Gasteiger partial charge in [-0.3, -0.25) is 0 Å². The van der Waals surface area contributed by atoms with E-state index in [4.69, 9.17) is 9.84 Å². The molecule has 0 atom stereocenters. The number of para-hydroxylation sites is 1. The summed E-state index contributed by atoms with van der Waals surface area (Å²) in [6.45, 7) is 8.04. The van der Waals surface area contributed by atoms with Crippen molar-refractivity contribution >= 4 is 33.8 Å². The molecule has 0 radical (unpaired) electrons. The molecule has 3 aromatic rings. The van der Waals surface area contributed by atoms with Gasteiger partial charge in [-0.2, -0.15) is 9.40 Å². The number of sulfonamides is 1. The summed E-state index contributed by atoms with van der Waals surface area (Å²) in [5.74, 6) is 0.410. The Morgan fingerprint density at radius 2 is 1.74 bits per heavy atom. The molecule has 0 N–H and O–H groups in total. The number of ether oxygens (including phenoxy) is 1. The van der Waals surface area contributed by atoms with Gasteiger partial charge in [0.05, 0.1) is 16.3 Å². The molecule has 0 saturated carbocycles. The lowest BCUT2D eigenvalue weighted by Gasteiger charge is -2.20. The molecule has 5 rings (SSSR count). The minimum atomic E-state index is -3.67. The van der Waals surface area contributed by atoms with Crippen LogP contribution in [0.2, 0.25) is 0 Å². The zero-order valence-electron chi connectivity index (χ0n) is 21.8. The number of carbonyl (C=O) groups is 1. The Kier molecular flexibility index (Phi) is 7.18. The highest BCUT2D eigenvalue weighted by Gasteiger charge is 2.29. The van der Waals surface area contributed by atoms with E-state index >= 15 is 0 Å². The fraction of sp³-hybridized carbons (Fsp3) is 0.321. The van der Waals surface area contributed by atoms with Crippen molar-refractivity contribution in [1.82, 2.24) is 14.1 Å². The first-order chi connectivity index (χ1) is 18.3. The first-order valence-corrected chi connectivity index (χ1v) is 14.3. The molecule has 38 heavy (non-hydrogen) atoms. The Hall–Kier alpha value is -3.76. The normalized spacial score (nSPS) is 16.9. The van der Waals surface area contributed by atoms with Crippen LogP contribution < -0.4 is 4.90 Å². The number of carbonyl (C=O) groups excluding carboxylic acids is 1. The molecule has 3 heterocycles. The van der Waals surface area contributed by atoms with Gasteiger partial charge in [-0.1, -0.05) is 38.1 Å². The molecule has 1 aromatic heterocycles. The van der Waals surface area contributed by atoms with Crippen LogP contribution in [0.5, 0.6) is 0 Å². The van der Waals surface area contributed by atoms with Crippen molar-refractivity contribution < 1.29 is 17.9 Å². The van der Waals surface area contributed by atoms with Crippen molar-refractivity contribution in [3.8, 4) is 5.69 Å². The van der Waals surface area contributed by atoms with Gasteiger partial charge >= 0.3 is 5.97 Å². The van der Waals surface area contributed by atoms with E-state index in [-0.39, 0.29) is 16.5 Å². The van der Waals surface area contributed by atoms with Crippen molar-refractivity contribution in [2.75, 3.05) is 31.1 Å². The average Bonchev–Trinajstić information content (AvgIpc) is 3.65. The number of benzene rings is 2. The first kappa shape index (κ1) is 25.9. The lowest BCUT2D eigenvalue weighted by atomic mass is 10.2. The third kappa shape index (κ3) is 4.77. The van der Waals surface area contributed by atoms with E-state index < -0.39 is 16.0 Å². The fourth-order valence-electron chi connectivity index (χ4n) is 4.85. The van der Waals surface area contributed by atoms with Gasteiger partial charge in [0.25, 0.3) is 0 Å². The second-order valence-corrected chi connectivity index (χ2v) is 11.2. The highest BCUT2D eigenvalue weighted by molar-refractivity contribution is 7.89. The van der Waals surface area contributed by atoms with Gasteiger partial charge in [-0.25, -0.2) is 22.9 Å². The highest BCUT2D eigenvalue weighted by Crippen LogP contribution is 2.33. The van der Waals surface area contributed by atoms with Crippen LogP contribution in [-0.4, -0.2) is 60.5 Å². The standard InChI is InChI=1S/C28H31N5O4S/c1-4-32(5-2)38(35,36)23-15-11-12-21(18-23)26-29-25(28(34)37-26)19-24-20(3)30-33(22-13-7-6-8-14-22)27(24)31-16-9-10-17-31/h6-8,11-15,18-19H,4-5,9-10,16-17H2,1-3H3. The maximum Gasteiger partial charge on any atom is 0.363 e. The van der Waals surface area contributed by atoms with E-state index in [0.29, 0.717) is 18.7 Å². The molecule has 1 saturated heterocycles. The molecular formula is C28H31N5O4S. The van der Waals surface area contributed by atoms with Gasteiger partial charge in [0.15, 0.2) is 5.70 Å². The molecule has 0 aliphatic carbocycles. The summed E-state index contributed by atoms with van der Waals surface area (Å²) in [6, 6.07) is 16.3. The van der Waals surface area contributed by atoms with E-state index in [9.17, 15) is 13.2 Å². The minimum absolute atomic E-state index is 0.0775. The number of nitrogens with zero attached hydrogens (tertiary/aromatic N) is 5. The largest absolute Gasteiger partial charge is 0.402 e. The third-order valence-corrected chi connectivity index (χ3v) is 8.86. The molecule has 10 heteroatoms. The average molecular weight is 534 g/mol. The number of aromatic nitrogens is 2. The molecule has 9 nitrogen and oxygen atoms in total. The monoisotopic (exact) mass is 533 g/mol. The minimum Gasteiger partial charge on any atom is -0.402 e. The van der Waals surface area contributed by atoms with Crippen molar-refractivity contribution in [3.63, 3.8) is 0 Å². The van der Waals surface area contributed by atoms with Gasteiger partial charge in [-0.05, 0) is 56.2 Å². The summed E-state index contributed by atoms with van der Waals surface area (Å²) in [6.07, 6.45) is 3.90. The molecule has 2 aliphatic rings. The lowest BCUT2D eigenvalue weighted by molar-refractivity contribution is -0.129. The van der Waals surface area contributed by atoms with Crippen LogP contribution in [-0.2, 0) is 19.6 Å². The molecule has 0 spiro atoms. The summed E-state index contributed by atoms with van der Waals surface area (Å²) >= 11 is 0. The summed E-state index contributed by atoms with van der Waals surface area (Å²) in [7, 11) is -3.67. The second-order valence-electron chi connectivity index (χ2n) is 9.22. The van der Waals surface area contributed by atoms with Crippen LogP contribution in [0.15, 0.2) is 70.2 Å². The molecule has 198 valence electrons. The van der Waals surface area contributed by atoms with Crippen molar-refractivity contribution in [3.05, 3.63) is 77.1 Å². The predicted octanol–water partition coefficient (Wildman–Crippen LogP) is 4.16. The Balaban J connectivity index is 1.55. The van der Waals surface area contributed by atoms with Crippen LogP contribution in [0.3, 0.4) is 0 Å². The maximum absolute atomic E-state index is 13.0. The second kappa shape index (κ2) is 10.5. The molecule has 0 unspecified atom stereocenters. The number of esters is 1. The fourth-order valence-corrected chi connectivity index (χ4v) is 6.35. The number of anilines is 1. The summed E-state index contributed by atoms with van der Waals surface area (Å²) in [5.41, 5.74) is 3.09. The summed E-state index contributed by atoms with van der Waals surface area (Å²) in [4.78, 5) is 19.8. The van der Waals surface area contributed by atoms with E-state index in [1.807, 2.05) is 41.9 Å². The van der Waals surface area contributed by atoms with Crippen LogP contribution in [0.4, 0.5) is 5.82 Å². The number of aryl methyl sites for hydroxylation is 1. The maximum atomic E-state index is 13.0. The number of rotatable bonds is 8. The SMILES string of the molecule is CCN(CC)S(=O)(=O)c1cccc(C2=NC(=Cc3c(C)nn(-c4ccccc4)c3N3CCCC3)C(=O)O2)c1. The zero-order valence-corrected chi connectivity index (χ0v) is 22.6. The van der Waals surface area contributed by atoms with Gasteiger partial charge in [0.2, 0.25) is 15.9 Å². The molecular weight excluding hydrogens is 502 g/mol. The topological polar surface area (TPSA) is 97.1 Å². The van der Waals surface area contributed by atoms with Gasteiger partial charge in [0, 0.05) is 37.3 Å². The lowest BCUT2D eigenvalue weighted by Crippen LogP contribution is -2.30. The summed E-state index contributed by atoms with van der Waals surface area (Å²) < 4.78 is 34.8. The van der Waals surface area contributed by atoms with E-state index in [2.05, 4.69) is 9.89 Å². The Morgan fingerprint density at radius 3 is 2.42 bits per heavy atom. The molecule has 0 bridgehead atoms. The molecule has 2 aliphatic heterocycles. The van der Waals surface area contributed by atoms with Gasteiger partial charge in [0.1, 0.15) is 5.82 Å². The third-order valence-electron chi connectivity index (χ3n) is 6.81. The molecule has 2 aromatic carbocycles. The highest BCUT2D eigenvalue weighted by atomic mass is 32.2. The van der Waals surface area contributed by atoms with E-state index in [1.165, 1.54) is 16.4 Å². The van der Waals surface area contributed by atoms with E-state index in [1.54, 1.807) is 32.1 Å². The van der Waals surface area contributed by atoms with Crippen molar-refractivity contribution in [1.29, 1.82) is 0 Å². The van der Waals surface area contributed by atoms with Crippen LogP contribution in [0.1, 0.15) is 43.5 Å². The van der Waals surface area contributed by atoms with Crippen molar-refractivity contribution in [2.24, 2.45) is 4.99 Å². The first-order valence-electron chi connectivity index (χ1n) is 12.9. The smallest absolute Gasteiger partial charge is 0.363 e. The van der Waals surface area contributed by atoms with Crippen LogP contribution in [0.25, 0.3) is 11.8 Å². The van der Waals surface area contributed by atoms with Gasteiger partial charge < -0.3 is 9.64 Å². The number of hydrogen-bond donors (Lipinski definition) is 0. The number of hydrogen-bond acceptors (Lipinski definition) is 7. The van der Waals surface area contributed by atoms with Crippen molar-refractivity contribution in [2.45, 2.75) is 38.5 Å². The summed E-state index contributed by atoms with van der Waals surface area (Å²) in [5, 5.41) is 4.80. The number of aliphatic imine (C=N–C) groups is 1. The quantitative estimate of drug-likeness (QED) is 0.319. The Labute approximate surface area is 223 Å². The predicted molar refractivity (Wildman–Crippen MR) is 147 cm³/mol. The van der Waals surface area contributed by atoms with E-state index in [0.717, 1.165) is 48.7 Å². The van der Waals surface area contributed by atoms with Crippen LogP contribution in [0, 0.1) is 6.92 Å². The number of cyclic esters (lactones) is 1. The molecule has 1 fully saturated rings.